The van der Waals surface area contributed by atoms with E-state index in [2.05, 4.69) is 10.1 Å². The average molecular weight is 432 g/mol. The summed E-state index contributed by atoms with van der Waals surface area (Å²) in [6, 6.07) is 8.87. The minimum atomic E-state index is -4.67. The number of rotatable bonds is 3. The predicted octanol–water partition coefficient (Wildman–Crippen LogP) is 4.83. The number of carbonyl (C=O) groups excluding carboxylic acids is 1. The van der Waals surface area contributed by atoms with Gasteiger partial charge in [-0.05, 0) is 63.4 Å². The lowest BCUT2D eigenvalue weighted by atomic mass is 9.97. The molecule has 0 N–H and O–H groups in total. The topological polar surface area (TPSA) is 59.7 Å². The molecule has 1 aliphatic rings. The Bertz CT molecular complexity index is 1100. The number of nitrogens with zero attached hydrogens (tertiary/aromatic N) is 4. The Kier molecular flexibility index (Phi) is 5.36. The molecule has 4 rings (SSSR count). The highest BCUT2D eigenvalue weighted by atomic mass is 19.4. The molecule has 9 heteroatoms. The van der Waals surface area contributed by atoms with Crippen LogP contribution < -0.4 is 4.74 Å². The summed E-state index contributed by atoms with van der Waals surface area (Å²) in [6.07, 6.45) is -1.93. The maximum Gasteiger partial charge on any atom is 0.433 e. The van der Waals surface area contributed by atoms with Gasteiger partial charge >= 0.3 is 6.18 Å². The Balaban J connectivity index is 1.81. The zero-order chi connectivity index (χ0) is 22.3. The number of hydrogen-bond donors (Lipinski definition) is 0. The molecule has 1 amide bonds. The van der Waals surface area contributed by atoms with Crippen LogP contribution in [0.3, 0.4) is 0 Å². The Morgan fingerprint density at radius 3 is 2.32 bits per heavy atom. The molecule has 2 atom stereocenters. The third-order valence-corrected chi connectivity index (χ3v) is 5.75. The number of alkyl halides is 3. The third-order valence-electron chi connectivity index (χ3n) is 5.75. The van der Waals surface area contributed by atoms with Crippen LogP contribution >= 0.6 is 0 Å². The summed E-state index contributed by atoms with van der Waals surface area (Å²) in [6.45, 7) is 3.90. The maximum atomic E-state index is 13.8. The first kappa shape index (κ1) is 21.1. The van der Waals surface area contributed by atoms with Crippen molar-refractivity contribution >= 4 is 11.6 Å². The fraction of sp³-hybridized carbons (Fsp3) is 0.409. The van der Waals surface area contributed by atoms with Gasteiger partial charge in [0.15, 0.2) is 17.0 Å². The molecule has 1 aliphatic heterocycles. The molecule has 164 valence electrons. The van der Waals surface area contributed by atoms with Gasteiger partial charge in [0.1, 0.15) is 5.75 Å². The molecule has 1 aromatic carbocycles. The lowest BCUT2D eigenvalue weighted by Gasteiger charge is -2.38. The van der Waals surface area contributed by atoms with Crippen LogP contribution in [0, 0.1) is 0 Å². The number of methoxy groups -OCH3 is 1. The Morgan fingerprint density at radius 2 is 1.74 bits per heavy atom. The van der Waals surface area contributed by atoms with Crippen LogP contribution in [-0.2, 0) is 6.18 Å². The van der Waals surface area contributed by atoms with Gasteiger partial charge in [0.25, 0.3) is 5.91 Å². The molecule has 0 aliphatic carbocycles. The van der Waals surface area contributed by atoms with Crippen molar-refractivity contribution in [2.24, 2.45) is 0 Å². The number of aromatic nitrogens is 3. The Morgan fingerprint density at radius 1 is 1.10 bits per heavy atom. The fourth-order valence-corrected chi connectivity index (χ4v) is 4.14. The zero-order valence-electron chi connectivity index (χ0n) is 17.5. The van der Waals surface area contributed by atoms with E-state index in [0.717, 1.165) is 25.3 Å². The smallest absolute Gasteiger partial charge is 0.433 e. The average Bonchev–Trinajstić information content (AvgIpc) is 3.16. The summed E-state index contributed by atoms with van der Waals surface area (Å²) in [7, 11) is 1.51. The van der Waals surface area contributed by atoms with Crippen molar-refractivity contribution in [3.8, 4) is 17.0 Å². The molecule has 6 nitrogen and oxygen atoms in total. The number of carbonyl (C=O) groups is 1. The summed E-state index contributed by atoms with van der Waals surface area (Å²) in [4.78, 5) is 19.2. The molecule has 2 aromatic heterocycles. The number of likely N-dealkylation sites (tertiary alicyclic amines) is 1. The van der Waals surface area contributed by atoms with Crippen LogP contribution in [0.5, 0.6) is 5.75 Å². The predicted molar refractivity (Wildman–Crippen MR) is 109 cm³/mol. The number of piperidine rings is 1. The van der Waals surface area contributed by atoms with Gasteiger partial charge in [-0.1, -0.05) is 0 Å². The normalized spacial score (nSPS) is 19.6. The second kappa shape index (κ2) is 7.86. The van der Waals surface area contributed by atoms with E-state index < -0.39 is 11.9 Å². The van der Waals surface area contributed by atoms with E-state index in [1.54, 1.807) is 29.2 Å². The van der Waals surface area contributed by atoms with Gasteiger partial charge in [-0.25, -0.2) is 9.50 Å². The number of fused-ring (bicyclic) bond motifs is 1. The van der Waals surface area contributed by atoms with Crippen LogP contribution in [-0.4, -0.2) is 44.6 Å². The minimum absolute atomic E-state index is 0.00553. The lowest BCUT2D eigenvalue weighted by Crippen LogP contribution is -2.47. The first-order valence-corrected chi connectivity index (χ1v) is 10.1. The minimum Gasteiger partial charge on any atom is -0.497 e. The summed E-state index contributed by atoms with van der Waals surface area (Å²) in [5.41, 5.74) is -0.406. The van der Waals surface area contributed by atoms with Gasteiger partial charge in [-0.3, -0.25) is 4.79 Å². The molecular formula is C22H23F3N4O2. The molecule has 3 heterocycles. The van der Waals surface area contributed by atoms with E-state index in [0.29, 0.717) is 15.8 Å². The van der Waals surface area contributed by atoms with Gasteiger partial charge in [0, 0.05) is 23.7 Å². The summed E-state index contributed by atoms with van der Waals surface area (Å²) in [5, 5.41) is 4.01. The van der Waals surface area contributed by atoms with Crippen molar-refractivity contribution in [3.63, 3.8) is 0 Å². The standard InChI is InChI=1S/C22H23F3N4O2/c1-13-5-4-6-14(2)28(13)21(30)18-12-20-26-17(15-7-9-16(31-3)10-8-15)11-19(22(23,24)25)29(20)27-18/h7-14H,4-6H2,1-3H3. The summed E-state index contributed by atoms with van der Waals surface area (Å²) in [5.74, 6) is 0.215. The van der Waals surface area contributed by atoms with Crippen molar-refractivity contribution in [2.45, 2.75) is 51.4 Å². The molecule has 31 heavy (non-hydrogen) atoms. The number of benzene rings is 1. The first-order chi connectivity index (χ1) is 14.7. The number of hydrogen-bond acceptors (Lipinski definition) is 4. The number of ether oxygens (including phenoxy) is 1. The van der Waals surface area contributed by atoms with Gasteiger partial charge < -0.3 is 9.64 Å². The van der Waals surface area contributed by atoms with E-state index in [9.17, 15) is 18.0 Å². The monoisotopic (exact) mass is 432 g/mol. The van der Waals surface area contributed by atoms with Gasteiger partial charge in [-0.15, -0.1) is 0 Å². The van der Waals surface area contributed by atoms with Crippen molar-refractivity contribution in [1.82, 2.24) is 19.5 Å². The molecule has 0 spiro atoms. The SMILES string of the molecule is COc1ccc(-c2cc(C(F)(F)F)n3nc(C(=O)N4C(C)CCCC4C)cc3n2)cc1. The zero-order valence-corrected chi connectivity index (χ0v) is 17.5. The van der Waals surface area contributed by atoms with E-state index in [1.807, 2.05) is 13.8 Å². The molecule has 1 fully saturated rings. The highest BCUT2D eigenvalue weighted by molar-refractivity contribution is 5.94. The van der Waals surface area contributed by atoms with E-state index in [1.165, 1.54) is 13.2 Å². The molecule has 1 saturated heterocycles. The van der Waals surface area contributed by atoms with Crippen molar-refractivity contribution in [1.29, 1.82) is 0 Å². The van der Waals surface area contributed by atoms with Gasteiger partial charge in [0.2, 0.25) is 0 Å². The van der Waals surface area contributed by atoms with Crippen molar-refractivity contribution < 1.29 is 22.7 Å². The second-order valence-corrected chi connectivity index (χ2v) is 7.89. The summed E-state index contributed by atoms with van der Waals surface area (Å²) < 4.78 is 47.3. The largest absolute Gasteiger partial charge is 0.497 e. The highest BCUT2D eigenvalue weighted by Gasteiger charge is 2.37. The van der Waals surface area contributed by atoms with Crippen LogP contribution in [0.1, 0.15) is 49.3 Å². The molecule has 2 unspecified atom stereocenters. The first-order valence-electron chi connectivity index (χ1n) is 10.1. The lowest BCUT2D eigenvalue weighted by molar-refractivity contribution is -0.142. The van der Waals surface area contributed by atoms with E-state index >= 15 is 0 Å². The number of halogens is 3. The van der Waals surface area contributed by atoms with Crippen LogP contribution in [0.4, 0.5) is 13.2 Å². The maximum absolute atomic E-state index is 13.8. The van der Waals surface area contributed by atoms with Crippen molar-refractivity contribution in [3.05, 3.63) is 47.8 Å². The van der Waals surface area contributed by atoms with Gasteiger partial charge in [-0.2, -0.15) is 18.3 Å². The quantitative estimate of drug-likeness (QED) is 0.595. The van der Waals surface area contributed by atoms with Crippen LogP contribution in [0.2, 0.25) is 0 Å². The number of amides is 1. The molecule has 0 saturated carbocycles. The molecular weight excluding hydrogens is 409 g/mol. The second-order valence-electron chi connectivity index (χ2n) is 7.89. The summed E-state index contributed by atoms with van der Waals surface area (Å²) >= 11 is 0. The molecule has 0 radical (unpaired) electrons. The van der Waals surface area contributed by atoms with Crippen LogP contribution in [0.15, 0.2) is 36.4 Å². The third kappa shape index (κ3) is 3.96. The fourth-order valence-electron chi connectivity index (χ4n) is 4.14. The Hall–Kier alpha value is -3.10. The van der Waals surface area contributed by atoms with Crippen LogP contribution in [0.25, 0.3) is 16.9 Å². The van der Waals surface area contributed by atoms with Gasteiger partial charge in [0.05, 0.1) is 12.8 Å². The molecule has 0 bridgehead atoms. The van der Waals surface area contributed by atoms with E-state index in [4.69, 9.17) is 4.74 Å². The molecule has 3 aromatic rings. The highest BCUT2D eigenvalue weighted by Crippen LogP contribution is 2.33. The van der Waals surface area contributed by atoms with Crippen molar-refractivity contribution in [2.75, 3.05) is 7.11 Å². The van der Waals surface area contributed by atoms with E-state index in [-0.39, 0.29) is 35.0 Å². The Labute approximate surface area is 177 Å².